The summed E-state index contributed by atoms with van der Waals surface area (Å²) in [6.07, 6.45) is 0. The summed E-state index contributed by atoms with van der Waals surface area (Å²) < 4.78 is 5.48. The highest BCUT2D eigenvalue weighted by atomic mass is 32.2. The maximum atomic E-state index is 12.9. The molecule has 0 spiro atoms. The highest BCUT2D eigenvalue weighted by molar-refractivity contribution is 8.00. The lowest BCUT2D eigenvalue weighted by atomic mass is 10.1. The molecule has 1 N–H and O–H groups in total. The number of rotatable bonds is 8. The number of benzene rings is 2. The minimum atomic E-state index is -0.472. The third-order valence-corrected chi connectivity index (χ3v) is 7.04. The third-order valence-electron chi connectivity index (χ3n) is 5.18. The molecule has 6 nitrogen and oxygen atoms in total. The molecule has 0 aliphatic heterocycles. The van der Waals surface area contributed by atoms with Crippen LogP contribution in [0, 0.1) is 18.3 Å². The van der Waals surface area contributed by atoms with Gasteiger partial charge in [-0.1, -0.05) is 41.6 Å². The number of hydrogen-bond donors (Lipinski definition) is 1. The number of ether oxygens (including phenoxy) is 1. The van der Waals surface area contributed by atoms with Crippen molar-refractivity contribution in [2.24, 2.45) is 0 Å². The molecule has 0 fully saturated rings. The average molecular weight is 501 g/mol. The molecule has 0 aliphatic carbocycles. The van der Waals surface area contributed by atoms with Gasteiger partial charge in [0.15, 0.2) is 5.13 Å². The van der Waals surface area contributed by atoms with E-state index in [2.05, 4.69) is 21.4 Å². The fraction of sp³-hybridized carbons (Fsp3) is 0.185. The van der Waals surface area contributed by atoms with Crippen LogP contribution in [0.15, 0.2) is 71.1 Å². The number of carbonyl (C=O) groups is 1. The minimum absolute atomic E-state index is 0.200. The molecule has 2 aromatic heterocycles. The molecule has 2 aromatic carbocycles. The number of nitriles is 1. The van der Waals surface area contributed by atoms with Crippen LogP contribution in [0.4, 0.5) is 5.13 Å². The molecule has 4 rings (SSSR count). The van der Waals surface area contributed by atoms with E-state index in [1.807, 2.05) is 73.8 Å². The van der Waals surface area contributed by atoms with Crippen LogP contribution >= 0.6 is 23.1 Å². The van der Waals surface area contributed by atoms with Gasteiger partial charge in [0.05, 0.1) is 28.8 Å². The van der Waals surface area contributed by atoms with Gasteiger partial charge in [-0.15, -0.1) is 11.3 Å². The van der Waals surface area contributed by atoms with Gasteiger partial charge < -0.3 is 10.1 Å². The molecule has 35 heavy (non-hydrogen) atoms. The first-order chi connectivity index (χ1) is 17.0. The first kappa shape index (κ1) is 24.5. The van der Waals surface area contributed by atoms with E-state index < -0.39 is 5.25 Å². The number of nitrogens with one attached hydrogen (secondary N) is 1. The SMILES string of the molecule is CCOc1ccc(-c2csc(NC(=O)C(C)Sc3nc(-c4ccc(C)cc4)ccc3C#N)n2)cc1. The summed E-state index contributed by atoms with van der Waals surface area (Å²) in [6.45, 7) is 6.38. The molecule has 176 valence electrons. The summed E-state index contributed by atoms with van der Waals surface area (Å²) in [6, 6.07) is 21.5. The van der Waals surface area contributed by atoms with Crippen LogP contribution in [-0.4, -0.2) is 27.7 Å². The van der Waals surface area contributed by atoms with Crippen molar-refractivity contribution in [1.29, 1.82) is 5.26 Å². The molecule has 1 atom stereocenters. The van der Waals surface area contributed by atoms with Crippen molar-refractivity contribution in [2.45, 2.75) is 31.0 Å². The topological polar surface area (TPSA) is 87.9 Å². The Morgan fingerprint density at radius 2 is 1.74 bits per heavy atom. The molecule has 2 heterocycles. The van der Waals surface area contributed by atoms with Crippen LogP contribution in [0.1, 0.15) is 25.0 Å². The van der Waals surface area contributed by atoms with Crippen molar-refractivity contribution in [3.63, 3.8) is 0 Å². The van der Waals surface area contributed by atoms with Crippen LogP contribution in [0.2, 0.25) is 0 Å². The largest absolute Gasteiger partial charge is 0.494 e. The smallest absolute Gasteiger partial charge is 0.239 e. The number of anilines is 1. The van der Waals surface area contributed by atoms with Gasteiger partial charge in [-0.3, -0.25) is 4.79 Å². The fourth-order valence-corrected chi connectivity index (χ4v) is 4.90. The highest BCUT2D eigenvalue weighted by Gasteiger charge is 2.19. The Kier molecular flexibility index (Phi) is 7.80. The molecule has 0 aliphatic rings. The molecule has 0 radical (unpaired) electrons. The van der Waals surface area contributed by atoms with Gasteiger partial charge in [-0.25, -0.2) is 9.97 Å². The second kappa shape index (κ2) is 11.2. The maximum Gasteiger partial charge on any atom is 0.239 e. The van der Waals surface area contributed by atoms with E-state index in [1.165, 1.54) is 23.1 Å². The van der Waals surface area contributed by atoms with Crippen LogP contribution in [0.5, 0.6) is 5.75 Å². The molecule has 0 saturated heterocycles. The quantitative estimate of drug-likeness (QED) is 0.275. The highest BCUT2D eigenvalue weighted by Crippen LogP contribution is 2.30. The monoisotopic (exact) mass is 500 g/mol. The van der Waals surface area contributed by atoms with Crippen molar-refractivity contribution >= 4 is 34.1 Å². The van der Waals surface area contributed by atoms with Gasteiger partial charge in [-0.2, -0.15) is 5.26 Å². The predicted molar refractivity (Wildman–Crippen MR) is 142 cm³/mol. The summed E-state index contributed by atoms with van der Waals surface area (Å²) in [5.41, 5.74) is 5.06. The minimum Gasteiger partial charge on any atom is -0.494 e. The normalized spacial score (nSPS) is 11.5. The summed E-state index contributed by atoms with van der Waals surface area (Å²) >= 11 is 2.63. The van der Waals surface area contributed by atoms with E-state index in [1.54, 1.807) is 13.0 Å². The molecule has 1 amide bonds. The Labute approximate surface area is 213 Å². The number of nitrogens with zero attached hydrogens (tertiary/aromatic N) is 3. The van der Waals surface area contributed by atoms with Gasteiger partial charge >= 0.3 is 0 Å². The molecule has 0 saturated carbocycles. The number of amides is 1. The Morgan fingerprint density at radius 1 is 1.06 bits per heavy atom. The lowest BCUT2D eigenvalue weighted by Crippen LogP contribution is -2.22. The predicted octanol–water partition coefficient (Wildman–Crippen LogP) is 6.57. The summed E-state index contributed by atoms with van der Waals surface area (Å²) in [5, 5.41) is 14.9. The Hall–Kier alpha value is -3.67. The van der Waals surface area contributed by atoms with Crippen LogP contribution in [0.3, 0.4) is 0 Å². The van der Waals surface area contributed by atoms with Crippen LogP contribution in [-0.2, 0) is 4.79 Å². The summed E-state index contributed by atoms with van der Waals surface area (Å²) in [5.74, 6) is 0.608. The van der Waals surface area contributed by atoms with Gasteiger partial charge in [0.25, 0.3) is 0 Å². The average Bonchev–Trinajstić information content (AvgIpc) is 3.33. The zero-order valence-corrected chi connectivity index (χ0v) is 21.2. The van der Waals surface area contributed by atoms with Crippen molar-refractivity contribution in [1.82, 2.24) is 9.97 Å². The number of aryl methyl sites for hydroxylation is 1. The second-order valence-corrected chi connectivity index (χ2v) is 9.96. The summed E-state index contributed by atoms with van der Waals surface area (Å²) in [7, 11) is 0. The second-order valence-electron chi connectivity index (χ2n) is 7.77. The van der Waals surface area contributed by atoms with Gasteiger partial charge in [0.2, 0.25) is 5.91 Å². The standard InChI is InChI=1S/C27H24N4O2S2/c1-4-33-22-12-9-20(10-13-22)24-16-34-27(30-24)31-25(32)18(3)35-26-21(15-28)11-14-23(29-26)19-7-5-17(2)6-8-19/h5-14,16,18H,4H2,1-3H3,(H,30,31,32). The maximum absolute atomic E-state index is 12.9. The summed E-state index contributed by atoms with van der Waals surface area (Å²) in [4.78, 5) is 22.1. The number of thioether (sulfide) groups is 1. The van der Waals surface area contributed by atoms with Gasteiger partial charge in [0, 0.05) is 16.5 Å². The number of aromatic nitrogens is 2. The van der Waals surface area contributed by atoms with Crippen molar-refractivity contribution < 1.29 is 9.53 Å². The Bertz CT molecular complexity index is 1360. The van der Waals surface area contributed by atoms with E-state index in [9.17, 15) is 10.1 Å². The first-order valence-electron chi connectivity index (χ1n) is 11.1. The van der Waals surface area contributed by atoms with E-state index in [-0.39, 0.29) is 5.91 Å². The number of thiazole rings is 1. The third kappa shape index (κ3) is 6.07. The van der Waals surface area contributed by atoms with Gasteiger partial charge in [0.1, 0.15) is 16.8 Å². The Morgan fingerprint density at radius 3 is 2.43 bits per heavy atom. The van der Waals surface area contributed by atoms with Crippen LogP contribution in [0.25, 0.3) is 22.5 Å². The molecule has 1 unspecified atom stereocenters. The fourth-order valence-electron chi connectivity index (χ4n) is 3.28. The zero-order chi connectivity index (χ0) is 24.8. The number of pyridine rings is 1. The van der Waals surface area contributed by atoms with Crippen molar-refractivity contribution in [3.05, 3.63) is 77.2 Å². The molecule has 4 aromatic rings. The lowest BCUT2D eigenvalue weighted by Gasteiger charge is -2.12. The van der Waals surface area contributed by atoms with Crippen molar-refractivity contribution in [2.75, 3.05) is 11.9 Å². The number of hydrogen-bond acceptors (Lipinski definition) is 7. The zero-order valence-electron chi connectivity index (χ0n) is 19.6. The molecular weight excluding hydrogens is 476 g/mol. The molecular formula is C27H24N4O2S2. The van der Waals surface area contributed by atoms with Crippen LogP contribution < -0.4 is 10.1 Å². The van der Waals surface area contributed by atoms with E-state index in [0.29, 0.717) is 22.3 Å². The number of carbonyl (C=O) groups excluding carboxylic acids is 1. The molecule has 0 bridgehead atoms. The van der Waals surface area contributed by atoms with Crippen molar-refractivity contribution in [3.8, 4) is 34.3 Å². The van der Waals surface area contributed by atoms with E-state index in [0.717, 1.165) is 33.8 Å². The lowest BCUT2D eigenvalue weighted by molar-refractivity contribution is -0.115. The molecule has 8 heteroatoms. The van der Waals surface area contributed by atoms with E-state index in [4.69, 9.17) is 4.74 Å². The van der Waals surface area contributed by atoms with Gasteiger partial charge in [-0.05, 0) is 57.2 Å². The van der Waals surface area contributed by atoms with E-state index >= 15 is 0 Å². The Balaban J connectivity index is 1.44. The first-order valence-corrected chi connectivity index (χ1v) is 12.9.